The van der Waals surface area contributed by atoms with Crippen LogP contribution in [0.15, 0.2) is 24.5 Å². The molecule has 0 saturated carbocycles. The maximum atomic E-state index is 12.3. The SMILES string of the molecule is Nc1c(NCCCN2CCOCC2)ncnc1NNC(=O)c1ccc(Cl)cc1Cl. The van der Waals surface area contributed by atoms with Crippen molar-refractivity contribution in [1.82, 2.24) is 20.3 Å². The number of hydrazine groups is 1. The molecule has 1 aliphatic rings. The van der Waals surface area contributed by atoms with Gasteiger partial charge in [-0.05, 0) is 31.2 Å². The Kier molecular flexibility index (Phi) is 7.70. The first-order valence-corrected chi connectivity index (χ1v) is 9.96. The topological polar surface area (TPSA) is 117 Å². The minimum absolute atomic E-state index is 0.245. The van der Waals surface area contributed by atoms with Crippen molar-refractivity contribution in [1.29, 1.82) is 0 Å². The number of nitrogens with zero attached hydrogens (tertiary/aromatic N) is 3. The van der Waals surface area contributed by atoms with Gasteiger partial charge in [0.25, 0.3) is 5.91 Å². The summed E-state index contributed by atoms with van der Waals surface area (Å²) in [5.74, 6) is 0.349. The van der Waals surface area contributed by atoms with E-state index in [2.05, 4.69) is 31.0 Å². The molecule has 0 atom stereocenters. The molecule has 1 saturated heterocycles. The highest BCUT2D eigenvalue weighted by Crippen LogP contribution is 2.23. The van der Waals surface area contributed by atoms with Gasteiger partial charge in [-0.2, -0.15) is 0 Å². The summed E-state index contributed by atoms with van der Waals surface area (Å²) >= 11 is 11.9. The predicted octanol–water partition coefficient (Wildman–Crippen LogP) is 2.26. The number of rotatable bonds is 8. The maximum Gasteiger partial charge on any atom is 0.271 e. The molecular formula is C18H23Cl2N7O2. The van der Waals surface area contributed by atoms with Crippen molar-refractivity contribution in [3.63, 3.8) is 0 Å². The molecule has 5 N–H and O–H groups in total. The highest BCUT2D eigenvalue weighted by atomic mass is 35.5. The maximum absolute atomic E-state index is 12.3. The Morgan fingerprint density at radius 3 is 2.72 bits per heavy atom. The lowest BCUT2D eigenvalue weighted by Crippen LogP contribution is -2.37. The second kappa shape index (κ2) is 10.4. The summed E-state index contributed by atoms with van der Waals surface area (Å²) in [6.07, 6.45) is 2.31. The van der Waals surface area contributed by atoms with Crippen molar-refractivity contribution in [2.45, 2.75) is 6.42 Å². The smallest absolute Gasteiger partial charge is 0.271 e. The fraction of sp³-hybridized carbons (Fsp3) is 0.389. The molecule has 3 rings (SSSR count). The van der Waals surface area contributed by atoms with Crippen LogP contribution in [0.3, 0.4) is 0 Å². The van der Waals surface area contributed by atoms with Gasteiger partial charge in [0.15, 0.2) is 11.6 Å². The zero-order valence-corrected chi connectivity index (χ0v) is 17.3. The number of nitrogens with one attached hydrogen (secondary N) is 3. The molecule has 1 fully saturated rings. The van der Waals surface area contributed by atoms with Crippen LogP contribution in [0.25, 0.3) is 0 Å². The molecule has 9 nitrogen and oxygen atoms in total. The number of ether oxygens (including phenoxy) is 1. The lowest BCUT2D eigenvalue weighted by Gasteiger charge is -2.26. The summed E-state index contributed by atoms with van der Waals surface area (Å²) in [5.41, 5.74) is 11.9. The first kappa shape index (κ1) is 21.4. The standard InChI is InChI=1S/C18H23Cl2N7O2/c19-12-2-3-13(14(20)10-12)18(28)26-25-17-15(21)16(23-11-24-17)22-4-1-5-27-6-8-29-9-7-27/h2-3,10-11H,1,4-9,21H2,(H,26,28)(H2,22,23,24,25). The second-order valence-corrected chi connectivity index (χ2v) is 7.27. The van der Waals surface area contributed by atoms with Crippen LogP contribution in [0, 0.1) is 0 Å². The molecule has 0 spiro atoms. The van der Waals surface area contributed by atoms with Gasteiger partial charge < -0.3 is 15.8 Å². The molecule has 2 heterocycles. The molecule has 0 radical (unpaired) electrons. The van der Waals surface area contributed by atoms with Gasteiger partial charge in [0.2, 0.25) is 0 Å². The third-order valence-electron chi connectivity index (χ3n) is 4.40. The third-order valence-corrected chi connectivity index (χ3v) is 4.95. The van der Waals surface area contributed by atoms with Crippen LogP contribution in [-0.2, 0) is 4.74 Å². The van der Waals surface area contributed by atoms with E-state index in [4.69, 9.17) is 33.7 Å². The average molecular weight is 440 g/mol. The molecule has 11 heteroatoms. The number of hydrogen-bond acceptors (Lipinski definition) is 8. The predicted molar refractivity (Wildman–Crippen MR) is 114 cm³/mol. The molecule has 29 heavy (non-hydrogen) atoms. The third kappa shape index (κ3) is 6.07. The van der Waals surface area contributed by atoms with E-state index in [1.807, 2.05) is 0 Å². The van der Waals surface area contributed by atoms with Crippen LogP contribution in [0.5, 0.6) is 0 Å². The van der Waals surface area contributed by atoms with E-state index in [0.717, 1.165) is 39.3 Å². The van der Waals surface area contributed by atoms with Gasteiger partial charge in [-0.15, -0.1) is 0 Å². The zero-order valence-electron chi connectivity index (χ0n) is 15.8. The number of carbonyl (C=O) groups excluding carboxylic acids is 1. The van der Waals surface area contributed by atoms with Gasteiger partial charge >= 0.3 is 0 Å². The fourth-order valence-electron chi connectivity index (χ4n) is 2.83. The van der Waals surface area contributed by atoms with E-state index in [-0.39, 0.29) is 16.4 Å². The average Bonchev–Trinajstić information content (AvgIpc) is 2.72. The van der Waals surface area contributed by atoms with Crippen molar-refractivity contribution in [3.8, 4) is 0 Å². The Hall–Kier alpha value is -2.33. The van der Waals surface area contributed by atoms with Crippen molar-refractivity contribution in [2.24, 2.45) is 0 Å². The zero-order chi connectivity index (χ0) is 20.6. The molecule has 0 aliphatic carbocycles. The second-order valence-electron chi connectivity index (χ2n) is 6.42. The van der Waals surface area contributed by atoms with Crippen LogP contribution >= 0.6 is 23.2 Å². The molecule has 1 aromatic heterocycles. The summed E-state index contributed by atoms with van der Waals surface area (Å²) < 4.78 is 5.34. The number of anilines is 3. The summed E-state index contributed by atoms with van der Waals surface area (Å²) in [6, 6.07) is 4.61. The van der Waals surface area contributed by atoms with Gasteiger partial charge in [-0.3, -0.25) is 20.5 Å². The number of nitrogen functional groups attached to an aromatic ring is 1. The number of nitrogens with two attached hydrogens (primary N) is 1. The van der Waals surface area contributed by atoms with Crippen molar-refractivity contribution in [3.05, 3.63) is 40.1 Å². The number of carbonyl (C=O) groups is 1. The quantitative estimate of drug-likeness (QED) is 0.365. The Morgan fingerprint density at radius 2 is 1.97 bits per heavy atom. The van der Waals surface area contributed by atoms with Crippen molar-refractivity contribution < 1.29 is 9.53 Å². The highest BCUT2D eigenvalue weighted by molar-refractivity contribution is 6.36. The lowest BCUT2D eigenvalue weighted by atomic mass is 10.2. The number of amides is 1. The van der Waals surface area contributed by atoms with Crippen LogP contribution in [0.2, 0.25) is 10.0 Å². The first-order chi connectivity index (χ1) is 14.0. The van der Waals surface area contributed by atoms with E-state index < -0.39 is 5.91 Å². The molecule has 0 unspecified atom stereocenters. The molecular weight excluding hydrogens is 417 g/mol. The number of morpholine rings is 1. The number of aromatic nitrogens is 2. The number of halogens is 2. The van der Waals surface area contributed by atoms with E-state index >= 15 is 0 Å². The summed E-state index contributed by atoms with van der Waals surface area (Å²) in [4.78, 5) is 22.9. The van der Waals surface area contributed by atoms with Gasteiger partial charge in [-0.25, -0.2) is 9.97 Å². The molecule has 0 bridgehead atoms. The Morgan fingerprint density at radius 1 is 1.21 bits per heavy atom. The Labute approximate surface area is 178 Å². The van der Waals surface area contributed by atoms with Crippen LogP contribution in [-0.4, -0.2) is 60.2 Å². The summed E-state index contributed by atoms with van der Waals surface area (Å²) in [7, 11) is 0. The van der Waals surface area contributed by atoms with Gasteiger partial charge in [-0.1, -0.05) is 23.2 Å². The molecule has 2 aromatic rings. The molecule has 1 aromatic carbocycles. The van der Waals surface area contributed by atoms with Crippen LogP contribution in [0.1, 0.15) is 16.8 Å². The van der Waals surface area contributed by atoms with E-state index in [0.29, 0.717) is 23.1 Å². The minimum Gasteiger partial charge on any atom is -0.393 e. The highest BCUT2D eigenvalue weighted by Gasteiger charge is 2.13. The largest absolute Gasteiger partial charge is 0.393 e. The number of benzene rings is 1. The molecule has 1 amide bonds. The van der Waals surface area contributed by atoms with E-state index in [1.54, 1.807) is 6.07 Å². The van der Waals surface area contributed by atoms with Gasteiger partial charge in [0, 0.05) is 24.7 Å². The van der Waals surface area contributed by atoms with Crippen molar-refractivity contribution in [2.75, 3.05) is 55.9 Å². The molecule has 156 valence electrons. The van der Waals surface area contributed by atoms with E-state index in [9.17, 15) is 4.79 Å². The minimum atomic E-state index is -0.440. The lowest BCUT2D eigenvalue weighted by molar-refractivity contribution is 0.0378. The Bertz CT molecular complexity index is 847. The first-order valence-electron chi connectivity index (χ1n) is 9.20. The van der Waals surface area contributed by atoms with E-state index in [1.165, 1.54) is 18.5 Å². The molecule has 1 aliphatic heterocycles. The summed E-state index contributed by atoms with van der Waals surface area (Å²) in [5, 5.41) is 3.90. The Balaban J connectivity index is 1.50. The van der Waals surface area contributed by atoms with Crippen molar-refractivity contribution >= 4 is 46.4 Å². The fourth-order valence-corrected chi connectivity index (χ4v) is 3.32. The number of hydrogen-bond donors (Lipinski definition) is 4. The van der Waals surface area contributed by atoms with Gasteiger partial charge in [0.1, 0.15) is 12.0 Å². The summed E-state index contributed by atoms with van der Waals surface area (Å²) in [6.45, 7) is 5.18. The van der Waals surface area contributed by atoms with Crippen LogP contribution in [0.4, 0.5) is 17.3 Å². The normalized spacial score (nSPS) is 14.4. The van der Waals surface area contributed by atoms with Gasteiger partial charge in [0.05, 0.1) is 23.8 Å². The monoisotopic (exact) mass is 439 g/mol. The van der Waals surface area contributed by atoms with Crippen LogP contribution < -0.4 is 21.9 Å².